The SMILES string of the molecule is CCn1ncc(Cl)c1C(=O)N[C@@H](Cc1ccccc1)C(=O)C(N)=O. The predicted molar refractivity (Wildman–Crippen MR) is 88.5 cm³/mol. The van der Waals surface area contributed by atoms with Crippen molar-refractivity contribution >= 4 is 29.2 Å². The number of rotatable bonds is 7. The van der Waals surface area contributed by atoms with Gasteiger partial charge >= 0.3 is 0 Å². The number of aromatic nitrogens is 2. The van der Waals surface area contributed by atoms with Crippen molar-refractivity contribution in [1.82, 2.24) is 15.1 Å². The Labute approximate surface area is 143 Å². The Morgan fingerprint density at radius 2 is 1.96 bits per heavy atom. The Balaban J connectivity index is 2.24. The molecule has 0 saturated heterocycles. The fraction of sp³-hybridized carbons (Fsp3) is 0.250. The zero-order valence-electron chi connectivity index (χ0n) is 13.0. The molecule has 0 aliphatic rings. The second kappa shape index (κ2) is 7.74. The maximum absolute atomic E-state index is 12.5. The molecule has 1 aromatic heterocycles. The normalized spacial score (nSPS) is 11.8. The number of aryl methyl sites for hydroxylation is 1. The third kappa shape index (κ3) is 3.99. The van der Waals surface area contributed by atoms with Gasteiger partial charge in [0.05, 0.1) is 11.2 Å². The summed E-state index contributed by atoms with van der Waals surface area (Å²) >= 11 is 5.98. The molecule has 0 aliphatic heterocycles. The molecular weight excluding hydrogens is 332 g/mol. The molecular formula is C16H17ClN4O3. The van der Waals surface area contributed by atoms with Gasteiger partial charge < -0.3 is 11.1 Å². The van der Waals surface area contributed by atoms with E-state index in [0.29, 0.717) is 6.54 Å². The van der Waals surface area contributed by atoms with E-state index in [1.165, 1.54) is 10.9 Å². The number of ketones is 1. The molecule has 0 spiro atoms. The number of amides is 2. The molecule has 1 atom stereocenters. The maximum Gasteiger partial charge on any atom is 0.287 e. The van der Waals surface area contributed by atoms with Crippen LogP contribution in [0, 0.1) is 0 Å². The molecule has 2 amide bonds. The lowest BCUT2D eigenvalue weighted by Crippen LogP contribution is -2.47. The van der Waals surface area contributed by atoms with Crippen LogP contribution in [-0.4, -0.2) is 33.4 Å². The van der Waals surface area contributed by atoms with Crippen LogP contribution in [0.2, 0.25) is 5.02 Å². The second-order valence-corrected chi connectivity index (χ2v) is 5.51. The van der Waals surface area contributed by atoms with E-state index in [4.69, 9.17) is 17.3 Å². The molecule has 0 aliphatic carbocycles. The lowest BCUT2D eigenvalue weighted by molar-refractivity contribution is -0.137. The molecule has 1 aromatic carbocycles. The number of halogens is 1. The summed E-state index contributed by atoms with van der Waals surface area (Å²) < 4.78 is 1.41. The number of primary amides is 1. The van der Waals surface area contributed by atoms with Crippen LogP contribution < -0.4 is 11.1 Å². The first kappa shape index (κ1) is 17.7. The van der Waals surface area contributed by atoms with Crippen molar-refractivity contribution in [2.45, 2.75) is 25.9 Å². The number of Topliss-reactive ketones (excluding diaryl/α,β-unsaturated/α-hetero) is 1. The Hall–Kier alpha value is -2.67. The molecule has 1 heterocycles. The van der Waals surface area contributed by atoms with Crippen LogP contribution in [0.5, 0.6) is 0 Å². The van der Waals surface area contributed by atoms with Crippen LogP contribution in [0.4, 0.5) is 0 Å². The summed E-state index contributed by atoms with van der Waals surface area (Å²) in [5.41, 5.74) is 6.01. The van der Waals surface area contributed by atoms with E-state index < -0.39 is 23.6 Å². The molecule has 24 heavy (non-hydrogen) atoms. The van der Waals surface area contributed by atoms with Crippen LogP contribution in [0.15, 0.2) is 36.5 Å². The first-order valence-electron chi connectivity index (χ1n) is 7.33. The van der Waals surface area contributed by atoms with Gasteiger partial charge in [-0.05, 0) is 12.5 Å². The number of benzene rings is 1. The molecule has 0 radical (unpaired) electrons. The van der Waals surface area contributed by atoms with Crippen LogP contribution in [0.25, 0.3) is 0 Å². The Kier molecular flexibility index (Phi) is 5.70. The largest absolute Gasteiger partial charge is 0.363 e. The van der Waals surface area contributed by atoms with Crippen molar-refractivity contribution in [3.63, 3.8) is 0 Å². The van der Waals surface area contributed by atoms with E-state index in [-0.39, 0.29) is 17.1 Å². The fourth-order valence-electron chi connectivity index (χ4n) is 2.29. The van der Waals surface area contributed by atoms with Crippen molar-refractivity contribution in [3.05, 3.63) is 52.8 Å². The molecule has 3 N–H and O–H groups in total. The Bertz CT molecular complexity index is 758. The van der Waals surface area contributed by atoms with Crippen molar-refractivity contribution in [1.29, 1.82) is 0 Å². The van der Waals surface area contributed by atoms with Crippen LogP contribution >= 0.6 is 11.6 Å². The lowest BCUT2D eigenvalue weighted by atomic mass is 10.0. The van der Waals surface area contributed by atoms with Crippen LogP contribution in [-0.2, 0) is 22.6 Å². The molecule has 7 nitrogen and oxygen atoms in total. The summed E-state index contributed by atoms with van der Waals surface area (Å²) in [4.78, 5) is 35.8. The van der Waals surface area contributed by atoms with Gasteiger partial charge in [0.2, 0.25) is 5.78 Å². The van der Waals surface area contributed by atoms with Crippen molar-refractivity contribution in [2.75, 3.05) is 0 Å². The van der Waals surface area contributed by atoms with Crippen molar-refractivity contribution in [3.8, 4) is 0 Å². The average molecular weight is 349 g/mol. The molecule has 2 aromatic rings. The Morgan fingerprint density at radius 1 is 1.29 bits per heavy atom. The predicted octanol–water partition coefficient (Wildman–Crippen LogP) is 0.952. The molecule has 126 valence electrons. The zero-order valence-corrected chi connectivity index (χ0v) is 13.8. The molecule has 0 unspecified atom stereocenters. The number of nitrogens with two attached hydrogens (primary N) is 1. The van der Waals surface area contributed by atoms with Gasteiger partial charge in [-0.25, -0.2) is 0 Å². The van der Waals surface area contributed by atoms with Gasteiger partial charge in [-0.3, -0.25) is 19.1 Å². The highest BCUT2D eigenvalue weighted by atomic mass is 35.5. The minimum Gasteiger partial charge on any atom is -0.363 e. The summed E-state index contributed by atoms with van der Waals surface area (Å²) in [6, 6.07) is 7.92. The van der Waals surface area contributed by atoms with Crippen LogP contribution in [0.3, 0.4) is 0 Å². The van der Waals surface area contributed by atoms with E-state index in [2.05, 4.69) is 10.4 Å². The quantitative estimate of drug-likeness (QED) is 0.726. The van der Waals surface area contributed by atoms with Gasteiger partial charge in [0.15, 0.2) is 0 Å². The average Bonchev–Trinajstić information content (AvgIpc) is 2.95. The maximum atomic E-state index is 12.5. The van der Waals surface area contributed by atoms with E-state index in [1.54, 1.807) is 31.2 Å². The van der Waals surface area contributed by atoms with Crippen molar-refractivity contribution < 1.29 is 14.4 Å². The number of carbonyl (C=O) groups excluding carboxylic acids is 3. The van der Waals surface area contributed by atoms with Gasteiger partial charge in [-0.2, -0.15) is 5.10 Å². The molecule has 8 heteroatoms. The number of hydrogen-bond acceptors (Lipinski definition) is 4. The fourth-order valence-corrected chi connectivity index (χ4v) is 2.51. The van der Waals surface area contributed by atoms with Gasteiger partial charge in [0.25, 0.3) is 11.8 Å². The summed E-state index contributed by atoms with van der Waals surface area (Å²) in [7, 11) is 0. The van der Waals surface area contributed by atoms with E-state index >= 15 is 0 Å². The third-order valence-corrected chi connectivity index (χ3v) is 3.73. The van der Waals surface area contributed by atoms with Crippen molar-refractivity contribution in [2.24, 2.45) is 5.73 Å². The van der Waals surface area contributed by atoms with E-state index in [9.17, 15) is 14.4 Å². The summed E-state index contributed by atoms with van der Waals surface area (Å²) in [5.74, 6) is -2.56. The van der Waals surface area contributed by atoms with E-state index in [1.807, 2.05) is 6.07 Å². The smallest absolute Gasteiger partial charge is 0.287 e. The molecule has 0 bridgehead atoms. The highest BCUT2D eigenvalue weighted by Gasteiger charge is 2.27. The summed E-state index contributed by atoms with van der Waals surface area (Å²) in [5, 5.41) is 6.67. The zero-order chi connectivity index (χ0) is 17.7. The number of hydrogen-bond donors (Lipinski definition) is 2. The summed E-state index contributed by atoms with van der Waals surface area (Å²) in [6.45, 7) is 2.23. The molecule has 0 fully saturated rings. The van der Waals surface area contributed by atoms with Gasteiger partial charge in [0, 0.05) is 13.0 Å². The lowest BCUT2D eigenvalue weighted by Gasteiger charge is -2.17. The third-order valence-electron chi connectivity index (χ3n) is 3.46. The Morgan fingerprint density at radius 3 is 2.54 bits per heavy atom. The highest BCUT2D eigenvalue weighted by Crippen LogP contribution is 2.15. The second-order valence-electron chi connectivity index (χ2n) is 5.10. The molecule has 2 rings (SSSR count). The summed E-state index contributed by atoms with van der Waals surface area (Å²) in [6.07, 6.45) is 1.49. The van der Waals surface area contributed by atoms with Gasteiger partial charge in [-0.15, -0.1) is 0 Å². The van der Waals surface area contributed by atoms with Gasteiger partial charge in [0.1, 0.15) is 11.7 Å². The van der Waals surface area contributed by atoms with Crippen LogP contribution in [0.1, 0.15) is 23.0 Å². The standard InChI is InChI=1S/C16H17ClN4O3/c1-2-21-13(11(17)9-19-21)16(24)20-12(14(22)15(18)23)8-10-6-4-3-5-7-10/h3-7,9,12H,2,8H2,1H3,(H2,18,23)(H,20,24)/t12-/m0/s1. The monoisotopic (exact) mass is 348 g/mol. The number of nitrogens with one attached hydrogen (secondary N) is 1. The molecule has 0 saturated carbocycles. The minimum atomic E-state index is -1.11. The highest BCUT2D eigenvalue weighted by molar-refractivity contribution is 6.38. The number of carbonyl (C=O) groups is 3. The first-order valence-corrected chi connectivity index (χ1v) is 7.71. The topological polar surface area (TPSA) is 107 Å². The minimum absolute atomic E-state index is 0.134. The number of nitrogens with zero attached hydrogens (tertiary/aromatic N) is 2. The van der Waals surface area contributed by atoms with Gasteiger partial charge in [-0.1, -0.05) is 41.9 Å². The van der Waals surface area contributed by atoms with E-state index in [0.717, 1.165) is 5.56 Å². The first-order chi connectivity index (χ1) is 11.4.